The summed E-state index contributed by atoms with van der Waals surface area (Å²) in [5, 5.41) is 12.2. The molecular weight excluding hydrogens is 298 g/mol. The molecule has 3 aromatic rings. The number of rotatable bonds is 4. The number of H-pyrrole nitrogens is 1. The first-order valence-electron chi connectivity index (χ1n) is 7.47. The summed E-state index contributed by atoms with van der Waals surface area (Å²) in [6, 6.07) is 8.30. The van der Waals surface area contributed by atoms with Gasteiger partial charge in [0, 0.05) is 5.02 Å². The lowest BCUT2D eigenvalue weighted by Gasteiger charge is -2.35. The third kappa shape index (κ3) is 2.41. The molecule has 22 heavy (non-hydrogen) atoms. The van der Waals surface area contributed by atoms with Gasteiger partial charge in [-0.3, -0.25) is 5.10 Å². The van der Waals surface area contributed by atoms with Crippen LogP contribution >= 0.6 is 11.6 Å². The molecule has 4 rings (SSSR count). The van der Waals surface area contributed by atoms with E-state index in [1.807, 2.05) is 12.1 Å². The van der Waals surface area contributed by atoms with Gasteiger partial charge in [0.2, 0.25) is 0 Å². The molecule has 0 bridgehead atoms. The molecular formula is C16H16ClN5. The fourth-order valence-corrected chi connectivity index (χ4v) is 3.07. The van der Waals surface area contributed by atoms with Crippen molar-refractivity contribution in [1.82, 2.24) is 20.2 Å². The molecule has 1 unspecified atom stereocenters. The smallest absolute Gasteiger partial charge is 0.160 e. The van der Waals surface area contributed by atoms with Gasteiger partial charge in [-0.25, -0.2) is 9.97 Å². The quantitative estimate of drug-likeness (QED) is 0.765. The summed E-state index contributed by atoms with van der Waals surface area (Å²) in [6.45, 7) is 0. The SMILES string of the molecule is Clc1ccc(C(Nc2ncnc3[nH]ncc23)C2CCC2)cc1. The van der Waals surface area contributed by atoms with E-state index in [9.17, 15) is 0 Å². The maximum atomic E-state index is 6.01. The number of fused-ring (bicyclic) bond motifs is 1. The normalized spacial score (nSPS) is 16.4. The van der Waals surface area contributed by atoms with E-state index in [0.717, 1.165) is 21.9 Å². The van der Waals surface area contributed by atoms with Gasteiger partial charge in [0.1, 0.15) is 12.1 Å². The summed E-state index contributed by atoms with van der Waals surface area (Å²) in [5.74, 6) is 1.45. The Hall–Kier alpha value is -2.14. The third-order valence-electron chi connectivity index (χ3n) is 4.39. The van der Waals surface area contributed by atoms with E-state index in [2.05, 4.69) is 37.6 Å². The second-order valence-corrected chi connectivity index (χ2v) is 6.16. The molecule has 1 fully saturated rings. The average Bonchev–Trinajstić information content (AvgIpc) is 2.95. The van der Waals surface area contributed by atoms with E-state index in [1.165, 1.54) is 24.8 Å². The first-order chi connectivity index (χ1) is 10.8. The molecule has 0 aliphatic heterocycles. The Bertz CT molecular complexity index is 779. The zero-order valence-corrected chi connectivity index (χ0v) is 12.7. The number of hydrogen-bond acceptors (Lipinski definition) is 4. The van der Waals surface area contributed by atoms with Crippen molar-refractivity contribution in [3.05, 3.63) is 47.4 Å². The van der Waals surface area contributed by atoms with Gasteiger partial charge in [-0.15, -0.1) is 0 Å². The van der Waals surface area contributed by atoms with E-state index >= 15 is 0 Å². The van der Waals surface area contributed by atoms with E-state index < -0.39 is 0 Å². The van der Waals surface area contributed by atoms with Crippen LogP contribution in [0.25, 0.3) is 11.0 Å². The topological polar surface area (TPSA) is 66.5 Å². The van der Waals surface area contributed by atoms with Crippen molar-refractivity contribution in [2.24, 2.45) is 5.92 Å². The third-order valence-corrected chi connectivity index (χ3v) is 4.64. The Balaban J connectivity index is 1.69. The van der Waals surface area contributed by atoms with Gasteiger partial charge in [-0.1, -0.05) is 30.2 Å². The van der Waals surface area contributed by atoms with E-state index in [1.54, 1.807) is 12.5 Å². The maximum absolute atomic E-state index is 6.01. The zero-order valence-electron chi connectivity index (χ0n) is 12.0. The number of nitrogens with zero attached hydrogens (tertiary/aromatic N) is 3. The van der Waals surface area contributed by atoms with Crippen LogP contribution in [0.15, 0.2) is 36.8 Å². The minimum absolute atomic E-state index is 0.235. The summed E-state index contributed by atoms with van der Waals surface area (Å²) in [6.07, 6.45) is 7.08. The Labute approximate surface area is 133 Å². The second-order valence-electron chi connectivity index (χ2n) is 5.72. The number of nitrogens with one attached hydrogen (secondary N) is 2. The standard InChI is InChI=1S/C16H16ClN5/c17-12-6-4-11(5-7-12)14(10-2-1-3-10)21-15-13-8-20-22-16(13)19-9-18-15/h4-10,14H,1-3H2,(H2,18,19,20,21,22). The minimum Gasteiger partial charge on any atom is -0.362 e. The Morgan fingerprint density at radius 2 is 2.00 bits per heavy atom. The molecule has 1 saturated carbocycles. The van der Waals surface area contributed by atoms with Gasteiger partial charge in [0.25, 0.3) is 0 Å². The number of benzene rings is 1. The highest BCUT2D eigenvalue weighted by atomic mass is 35.5. The van der Waals surface area contributed by atoms with E-state index in [4.69, 9.17) is 11.6 Å². The van der Waals surface area contributed by atoms with Crippen LogP contribution in [0.3, 0.4) is 0 Å². The molecule has 0 saturated heterocycles. The lowest BCUT2D eigenvalue weighted by molar-refractivity contribution is 0.277. The van der Waals surface area contributed by atoms with Crippen molar-refractivity contribution < 1.29 is 0 Å². The van der Waals surface area contributed by atoms with Gasteiger partial charge in [-0.05, 0) is 36.5 Å². The first kappa shape index (κ1) is 13.5. The molecule has 2 heterocycles. The van der Waals surface area contributed by atoms with Crippen LogP contribution in [0.5, 0.6) is 0 Å². The monoisotopic (exact) mass is 313 g/mol. The number of anilines is 1. The van der Waals surface area contributed by atoms with Crippen LogP contribution in [0.1, 0.15) is 30.9 Å². The number of hydrogen-bond donors (Lipinski definition) is 2. The van der Waals surface area contributed by atoms with Crippen molar-refractivity contribution in [2.75, 3.05) is 5.32 Å². The van der Waals surface area contributed by atoms with E-state index in [0.29, 0.717) is 5.92 Å². The highest BCUT2D eigenvalue weighted by Crippen LogP contribution is 2.40. The fourth-order valence-electron chi connectivity index (χ4n) is 2.94. The minimum atomic E-state index is 0.235. The number of aromatic amines is 1. The molecule has 1 aromatic carbocycles. The predicted octanol–water partition coefficient (Wildman–Crippen LogP) is 3.96. The predicted molar refractivity (Wildman–Crippen MR) is 86.8 cm³/mol. The second kappa shape index (κ2) is 5.57. The van der Waals surface area contributed by atoms with Gasteiger partial charge >= 0.3 is 0 Å². The first-order valence-corrected chi connectivity index (χ1v) is 7.85. The molecule has 2 aromatic heterocycles. The van der Waals surface area contributed by atoms with Crippen molar-refractivity contribution in [3.8, 4) is 0 Å². The summed E-state index contributed by atoms with van der Waals surface area (Å²) in [4.78, 5) is 8.58. The summed E-state index contributed by atoms with van der Waals surface area (Å²) < 4.78 is 0. The fraction of sp³-hybridized carbons (Fsp3) is 0.312. The molecule has 112 valence electrons. The molecule has 1 atom stereocenters. The molecule has 1 aliphatic carbocycles. The van der Waals surface area contributed by atoms with Crippen molar-refractivity contribution in [2.45, 2.75) is 25.3 Å². The molecule has 0 amide bonds. The van der Waals surface area contributed by atoms with Gasteiger partial charge in [-0.2, -0.15) is 5.10 Å². The van der Waals surface area contributed by atoms with Crippen LogP contribution in [0, 0.1) is 5.92 Å². The number of halogens is 1. The lowest BCUT2D eigenvalue weighted by Crippen LogP contribution is -2.26. The number of aromatic nitrogens is 4. The van der Waals surface area contributed by atoms with Crippen LogP contribution in [-0.2, 0) is 0 Å². The van der Waals surface area contributed by atoms with Gasteiger partial charge in [0.15, 0.2) is 5.65 Å². The van der Waals surface area contributed by atoms with Crippen LogP contribution in [0.4, 0.5) is 5.82 Å². The van der Waals surface area contributed by atoms with Crippen molar-refractivity contribution in [3.63, 3.8) is 0 Å². The summed E-state index contributed by atoms with van der Waals surface area (Å²) in [5.41, 5.74) is 1.99. The Morgan fingerprint density at radius 3 is 2.73 bits per heavy atom. The molecule has 1 aliphatic rings. The van der Waals surface area contributed by atoms with Gasteiger partial charge in [0.05, 0.1) is 17.6 Å². The van der Waals surface area contributed by atoms with Crippen molar-refractivity contribution in [1.29, 1.82) is 0 Å². The lowest BCUT2D eigenvalue weighted by atomic mass is 9.77. The highest BCUT2D eigenvalue weighted by molar-refractivity contribution is 6.30. The van der Waals surface area contributed by atoms with E-state index in [-0.39, 0.29) is 6.04 Å². The molecule has 0 spiro atoms. The zero-order chi connectivity index (χ0) is 14.9. The van der Waals surface area contributed by atoms with Crippen molar-refractivity contribution >= 4 is 28.5 Å². The van der Waals surface area contributed by atoms with Crippen LogP contribution < -0.4 is 5.32 Å². The highest BCUT2D eigenvalue weighted by Gasteiger charge is 2.29. The Kier molecular flexibility index (Phi) is 3.42. The summed E-state index contributed by atoms with van der Waals surface area (Å²) >= 11 is 6.01. The maximum Gasteiger partial charge on any atom is 0.160 e. The van der Waals surface area contributed by atoms with Crippen LogP contribution in [-0.4, -0.2) is 20.2 Å². The van der Waals surface area contributed by atoms with Gasteiger partial charge < -0.3 is 5.32 Å². The molecule has 5 nitrogen and oxygen atoms in total. The largest absolute Gasteiger partial charge is 0.362 e. The van der Waals surface area contributed by atoms with Crippen LogP contribution in [0.2, 0.25) is 5.02 Å². The molecule has 2 N–H and O–H groups in total. The molecule has 0 radical (unpaired) electrons. The average molecular weight is 314 g/mol. The molecule has 6 heteroatoms. The summed E-state index contributed by atoms with van der Waals surface area (Å²) in [7, 11) is 0. The Morgan fingerprint density at radius 1 is 1.18 bits per heavy atom.